The topological polar surface area (TPSA) is 12.0 Å². The molecule has 1 aromatic rings. The fourth-order valence-electron chi connectivity index (χ4n) is 2.08. The third-order valence-corrected chi connectivity index (χ3v) is 2.82. The van der Waals surface area contributed by atoms with Crippen molar-refractivity contribution < 1.29 is 8.78 Å². The molecule has 0 spiro atoms. The van der Waals surface area contributed by atoms with Gasteiger partial charge in [-0.3, -0.25) is 0 Å². The highest BCUT2D eigenvalue weighted by atomic mass is 19.3. The van der Waals surface area contributed by atoms with E-state index in [0.29, 0.717) is 0 Å². The summed E-state index contributed by atoms with van der Waals surface area (Å²) < 4.78 is 26.7. The molecule has 0 saturated heterocycles. The van der Waals surface area contributed by atoms with Crippen LogP contribution in [0.1, 0.15) is 30.9 Å². The zero-order valence-corrected chi connectivity index (χ0v) is 8.82. The fraction of sp³-hybridized carbons (Fsp3) is 0.500. The molecule has 3 heteroatoms. The van der Waals surface area contributed by atoms with E-state index in [1.165, 1.54) is 6.07 Å². The largest absolute Gasteiger partial charge is 0.385 e. The Morgan fingerprint density at radius 2 is 2.07 bits per heavy atom. The van der Waals surface area contributed by atoms with Gasteiger partial charge < -0.3 is 5.32 Å². The molecule has 0 bridgehead atoms. The van der Waals surface area contributed by atoms with Crippen molar-refractivity contribution in [1.82, 2.24) is 0 Å². The van der Waals surface area contributed by atoms with Crippen LogP contribution in [0.15, 0.2) is 18.2 Å². The van der Waals surface area contributed by atoms with Crippen LogP contribution in [0.2, 0.25) is 0 Å². The molecule has 15 heavy (non-hydrogen) atoms. The second-order valence-corrected chi connectivity index (χ2v) is 4.10. The number of halogens is 2. The van der Waals surface area contributed by atoms with Crippen LogP contribution >= 0.6 is 0 Å². The first-order chi connectivity index (χ1) is 7.09. The number of benzene rings is 1. The van der Waals surface area contributed by atoms with Crippen LogP contribution in [0.4, 0.5) is 14.5 Å². The molecular weight excluding hydrogens is 196 g/mol. The molecule has 1 N–H and O–H groups in total. The number of hydrogen-bond donors (Lipinski definition) is 1. The molecular formula is C12H15F2N. The highest BCUT2D eigenvalue weighted by Crippen LogP contribution is 2.35. The first-order valence-corrected chi connectivity index (χ1v) is 5.33. The van der Waals surface area contributed by atoms with Gasteiger partial charge >= 0.3 is 0 Å². The summed E-state index contributed by atoms with van der Waals surface area (Å²) in [6.45, 7) is 1.85. The molecule has 2 rings (SSSR count). The van der Waals surface area contributed by atoms with Gasteiger partial charge in [-0.1, -0.05) is 12.1 Å². The Bertz CT molecular complexity index is 355. The van der Waals surface area contributed by atoms with E-state index in [0.717, 1.165) is 44.0 Å². The van der Waals surface area contributed by atoms with Crippen molar-refractivity contribution in [2.45, 2.75) is 32.1 Å². The van der Waals surface area contributed by atoms with E-state index in [-0.39, 0.29) is 5.56 Å². The Morgan fingerprint density at radius 1 is 1.27 bits per heavy atom. The minimum absolute atomic E-state index is 0.175. The molecule has 0 atom stereocenters. The Balaban J connectivity index is 2.48. The van der Waals surface area contributed by atoms with Gasteiger partial charge in [-0.05, 0) is 30.9 Å². The molecule has 1 nitrogen and oxygen atoms in total. The molecule has 1 aliphatic heterocycles. The summed E-state index contributed by atoms with van der Waals surface area (Å²) in [6, 6.07) is 5.12. The van der Waals surface area contributed by atoms with E-state index in [9.17, 15) is 8.78 Å². The monoisotopic (exact) mass is 211 g/mol. The van der Waals surface area contributed by atoms with Crippen molar-refractivity contribution in [1.29, 1.82) is 0 Å². The first-order valence-electron chi connectivity index (χ1n) is 5.33. The van der Waals surface area contributed by atoms with E-state index in [1.54, 1.807) is 6.07 Å². The molecule has 0 amide bonds. The Hall–Kier alpha value is -1.12. The van der Waals surface area contributed by atoms with E-state index in [1.807, 2.05) is 6.07 Å². The molecule has 0 fully saturated rings. The van der Waals surface area contributed by atoms with Gasteiger partial charge in [0.15, 0.2) is 0 Å². The molecule has 0 aliphatic carbocycles. The van der Waals surface area contributed by atoms with E-state index >= 15 is 0 Å². The van der Waals surface area contributed by atoms with Crippen LogP contribution in [-0.4, -0.2) is 6.54 Å². The second-order valence-electron chi connectivity index (χ2n) is 4.10. The predicted molar refractivity (Wildman–Crippen MR) is 57.4 cm³/mol. The molecule has 1 aliphatic rings. The van der Waals surface area contributed by atoms with Crippen molar-refractivity contribution >= 4 is 5.69 Å². The molecule has 1 aromatic carbocycles. The minimum Gasteiger partial charge on any atom is -0.385 e. The second kappa shape index (κ2) is 3.80. The lowest BCUT2D eigenvalue weighted by molar-refractivity contribution is 0.0166. The van der Waals surface area contributed by atoms with E-state index < -0.39 is 5.92 Å². The van der Waals surface area contributed by atoms with Crippen molar-refractivity contribution in [3.8, 4) is 0 Å². The van der Waals surface area contributed by atoms with E-state index in [4.69, 9.17) is 0 Å². The number of anilines is 1. The first kappa shape index (κ1) is 10.4. The molecule has 0 saturated carbocycles. The minimum atomic E-state index is -2.74. The number of hydrogen-bond acceptors (Lipinski definition) is 1. The molecule has 0 radical (unpaired) electrons. The molecule has 0 unspecified atom stereocenters. The average molecular weight is 211 g/mol. The van der Waals surface area contributed by atoms with Crippen molar-refractivity contribution in [3.05, 3.63) is 29.3 Å². The zero-order valence-electron chi connectivity index (χ0n) is 8.82. The van der Waals surface area contributed by atoms with Crippen LogP contribution in [-0.2, 0) is 12.3 Å². The Kier molecular flexibility index (Phi) is 2.63. The maximum absolute atomic E-state index is 13.3. The number of alkyl halides is 2. The summed E-state index contributed by atoms with van der Waals surface area (Å²) in [7, 11) is 0. The summed E-state index contributed by atoms with van der Waals surface area (Å²) in [5.41, 5.74) is 1.85. The Morgan fingerprint density at radius 3 is 2.80 bits per heavy atom. The molecule has 82 valence electrons. The number of fused-ring (bicyclic) bond motifs is 1. The van der Waals surface area contributed by atoms with Crippen LogP contribution in [0.3, 0.4) is 0 Å². The van der Waals surface area contributed by atoms with Crippen molar-refractivity contribution in [2.75, 3.05) is 11.9 Å². The highest BCUT2D eigenvalue weighted by Gasteiger charge is 2.28. The molecule has 1 heterocycles. The molecule has 0 aromatic heterocycles. The van der Waals surface area contributed by atoms with Crippen LogP contribution in [0, 0.1) is 0 Å². The summed E-state index contributed by atoms with van der Waals surface area (Å²) in [4.78, 5) is 0. The quantitative estimate of drug-likeness (QED) is 0.749. The lowest BCUT2D eigenvalue weighted by atomic mass is 9.97. The van der Waals surface area contributed by atoms with Gasteiger partial charge in [-0.15, -0.1) is 0 Å². The van der Waals surface area contributed by atoms with Crippen LogP contribution < -0.4 is 5.32 Å². The third kappa shape index (κ3) is 2.11. The van der Waals surface area contributed by atoms with E-state index in [2.05, 4.69) is 5.32 Å². The van der Waals surface area contributed by atoms with Gasteiger partial charge in [0.05, 0.1) is 0 Å². The number of nitrogens with one attached hydrogen (secondary N) is 1. The number of rotatable bonds is 1. The summed E-state index contributed by atoms with van der Waals surface area (Å²) in [5.74, 6) is -2.74. The normalized spacial score (nSPS) is 16.5. The lowest BCUT2D eigenvalue weighted by Crippen LogP contribution is -2.12. The average Bonchev–Trinajstić information content (AvgIpc) is 2.39. The van der Waals surface area contributed by atoms with Gasteiger partial charge in [0, 0.05) is 24.7 Å². The van der Waals surface area contributed by atoms with Crippen molar-refractivity contribution in [3.63, 3.8) is 0 Å². The lowest BCUT2D eigenvalue weighted by Gasteiger charge is -2.17. The summed E-state index contributed by atoms with van der Waals surface area (Å²) in [6.07, 6.45) is 2.78. The standard InChI is InChI=1S/C12H15F2N/c1-12(13,14)10-6-4-7-11-9(10)5-2-3-8-15-11/h4,6-7,15H,2-3,5,8H2,1H3. The van der Waals surface area contributed by atoms with Crippen LogP contribution in [0.25, 0.3) is 0 Å². The van der Waals surface area contributed by atoms with Gasteiger partial charge in [0.2, 0.25) is 0 Å². The predicted octanol–water partition coefficient (Wildman–Crippen LogP) is 3.55. The summed E-state index contributed by atoms with van der Waals surface area (Å²) in [5, 5.41) is 3.20. The van der Waals surface area contributed by atoms with Crippen LogP contribution in [0.5, 0.6) is 0 Å². The highest BCUT2D eigenvalue weighted by molar-refractivity contribution is 5.56. The fourth-order valence-corrected chi connectivity index (χ4v) is 2.08. The zero-order chi connectivity index (χ0) is 10.9. The van der Waals surface area contributed by atoms with Gasteiger partial charge in [0.25, 0.3) is 5.92 Å². The maximum atomic E-state index is 13.3. The van der Waals surface area contributed by atoms with Gasteiger partial charge in [-0.2, -0.15) is 0 Å². The Labute approximate surface area is 88.5 Å². The SMILES string of the molecule is CC(F)(F)c1cccc2c1CCCCN2. The smallest absolute Gasteiger partial charge is 0.270 e. The third-order valence-electron chi connectivity index (χ3n) is 2.82. The maximum Gasteiger partial charge on any atom is 0.270 e. The van der Waals surface area contributed by atoms with Gasteiger partial charge in [0.1, 0.15) is 0 Å². The summed E-state index contributed by atoms with van der Waals surface area (Å²) >= 11 is 0. The van der Waals surface area contributed by atoms with Gasteiger partial charge in [-0.25, -0.2) is 8.78 Å². The van der Waals surface area contributed by atoms with Crippen molar-refractivity contribution in [2.24, 2.45) is 0 Å².